The van der Waals surface area contributed by atoms with Crippen molar-refractivity contribution in [1.29, 1.82) is 0 Å². The smallest absolute Gasteiger partial charge is 0.232 e. The van der Waals surface area contributed by atoms with Crippen LogP contribution in [-0.4, -0.2) is 28.6 Å². The number of nitrogens with one attached hydrogen (secondary N) is 1. The number of nitrogen functional groups attached to an aromatic ring is 1. The van der Waals surface area contributed by atoms with Gasteiger partial charge in [-0.1, -0.05) is 18.2 Å². The molecule has 0 saturated heterocycles. The van der Waals surface area contributed by atoms with Crippen molar-refractivity contribution in [1.82, 2.24) is 15.0 Å². The number of hydrogen-bond acceptors (Lipinski definition) is 7. The number of aryl methyl sites for hydroxylation is 2. The van der Waals surface area contributed by atoms with Crippen LogP contribution in [0.2, 0.25) is 0 Å². The molecule has 144 valence electrons. The van der Waals surface area contributed by atoms with E-state index in [0.29, 0.717) is 18.3 Å². The molecule has 1 aromatic heterocycles. The second-order valence-corrected chi connectivity index (χ2v) is 6.89. The highest BCUT2D eigenvalue weighted by Gasteiger charge is 2.19. The van der Waals surface area contributed by atoms with Gasteiger partial charge in [-0.15, -0.1) is 0 Å². The molecule has 28 heavy (non-hydrogen) atoms. The Bertz CT molecular complexity index is 990. The van der Waals surface area contributed by atoms with Gasteiger partial charge in [0.1, 0.15) is 5.75 Å². The van der Waals surface area contributed by atoms with Gasteiger partial charge >= 0.3 is 0 Å². The fraction of sp³-hybridized carbons (Fsp3) is 0.286. The molecule has 0 bridgehead atoms. The number of nitrogens with zero attached hydrogens (tertiary/aromatic N) is 4. The summed E-state index contributed by atoms with van der Waals surface area (Å²) in [5.41, 5.74) is 10.5. The van der Waals surface area contributed by atoms with E-state index in [0.717, 1.165) is 36.4 Å². The zero-order chi connectivity index (χ0) is 19.5. The van der Waals surface area contributed by atoms with Gasteiger partial charge in [-0.2, -0.15) is 15.0 Å². The summed E-state index contributed by atoms with van der Waals surface area (Å²) in [7, 11) is 1.69. The second kappa shape index (κ2) is 7.72. The summed E-state index contributed by atoms with van der Waals surface area (Å²) in [5, 5.41) is 3.25. The van der Waals surface area contributed by atoms with Gasteiger partial charge in [-0.3, -0.25) is 0 Å². The minimum Gasteiger partial charge on any atom is -0.497 e. The van der Waals surface area contributed by atoms with Gasteiger partial charge in [0.05, 0.1) is 13.7 Å². The summed E-state index contributed by atoms with van der Waals surface area (Å²) in [4.78, 5) is 15.5. The normalized spacial score (nSPS) is 13.1. The maximum atomic E-state index is 5.95. The Balaban J connectivity index is 1.58. The van der Waals surface area contributed by atoms with E-state index in [1.54, 1.807) is 7.11 Å². The molecule has 0 spiro atoms. The summed E-state index contributed by atoms with van der Waals surface area (Å²) < 4.78 is 5.36. The Kier molecular flexibility index (Phi) is 4.97. The van der Waals surface area contributed by atoms with Crippen LogP contribution in [0, 0.1) is 6.92 Å². The molecule has 2 aromatic carbocycles. The highest BCUT2D eigenvalue weighted by Crippen LogP contribution is 2.31. The van der Waals surface area contributed by atoms with E-state index in [-0.39, 0.29) is 5.95 Å². The standard InChI is InChI=1S/C21H24N6O/c1-14-6-3-4-8-17(14)23-21-25-19(24-20(22)26-21)13-27-11-5-7-15-12-16(28-2)9-10-18(15)27/h3-4,6,8-10,12H,5,7,11,13H2,1-2H3,(H3,22,23,24,25,26). The van der Waals surface area contributed by atoms with E-state index in [2.05, 4.69) is 37.3 Å². The molecule has 1 aliphatic heterocycles. The van der Waals surface area contributed by atoms with Crippen LogP contribution in [0.5, 0.6) is 5.75 Å². The van der Waals surface area contributed by atoms with Crippen molar-refractivity contribution in [3.8, 4) is 5.75 Å². The molecule has 4 rings (SSSR count). The van der Waals surface area contributed by atoms with Gasteiger partial charge in [0.2, 0.25) is 11.9 Å². The van der Waals surface area contributed by atoms with Crippen LogP contribution in [0.1, 0.15) is 23.4 Å². The summed E-state index contributed by atoms with van der Waals surface area (Å²) in [5.74, 6) is 2.21. The molecule has 3 N–H and O–H groups in total. The predicted octanol–water partition coefficient (Wildman–Crippen LogP) is 3.47. The zero-order valence-corrected chi connectivity index (χ0v) is 16.1. The molecule has 2 heterocycles. The van der Waals surface area contributed by atoms with E-state index in [4.69, 9.17) is 10.5 Å². The van der Waals surface area contributed by atoms with Crippen LogP contribution in [0.25, 0.3) is 0 Å². The molecular weight excluding hydrogens is 352 g/mol. The number of hydrogen-bond donors (Lipinski definition) is 2. The first kappa shape index (κ1) is 18.0. The number of para-hydroxylation sites is 1. The molecule has 0 saturated carbocycles. The van der Waals surface area contributed by atoms with Crippen LogP contribution in [0.3, 0.4) is 0 Å². The van der Waals surface area contributed by atoms with Crippen molar-refractivity contribution >= 4 is 23.3 Å². The third-order valence-electron chi connectivity index (χ3n) is 4.92. The maximum Gasteiger partial charge on any atom is 0.232 e. The van der Waals surface area contributed by atoms with Crippen molar-refractivity contribution < 1.29 is 4.74 Å². The molecule has 1 aliphatic rings. The Hall–Kier alpha value is -3.35. The lowest BCUT2D eigenvalue weighted by atomic mass is 10.0. The first-order chi connectivity index (χ1) is 13.6. The van der Waals surface area contributed by atoms with E-state index in [1.807, 2.05) is 37.3 Å². The molecule has 0 radical (unpaired) electrons. The Morgan fingerprint density at radius 3 is 2.82 bits per heavy atom. The molecule has 0 fully saturated rings. The minimum atomic E-state index is 0.216. The van der Waals surface area contributed by atoms with Crippen LogP contribution < -0.4 is 20.7 Å². The van der Waals surface area contributed by atoms with Gasteiger partial charge < -0.3 is 20.7 Å². The number of ether oxygens (including phenoxy) is 1. The maximum absolute atomic E-state index is 5.95. The average Bonchev–Trinajstić information content (AvgIpc) is 2.69. The molecule has 7 nitrogen and oxygen atoms in total. The SMILES string of the molecule is COc1ccc2c(c1)CCCN2Cc1nc(N)nc(Nc2ccccc2C)n1. The second-order valence-electron chi connectivity index (χ2n) is 6.89. The van der Waals surface area contributed by atoms with Crippen molar-refractivity contribution in [2.24, 2.45) is 0 Å². The number of rotatable bonds is 5. The number of methoxy groups -OCH3 is 1. The quantitative estimate of drug-likeness (QED) is 0.705. The highest BCUT2D eigenvalue weighted by molar-refractivity contribution is 5.59. The molecular formula is C21H24N6O. The number of fused-ring (bicyclic) bond motifs is 1. The van der Waals surface area contributed by atoms with Crippen LogP contribution in [0.4, 0.5) is 23.3 Å². The van der Waals surface area contributed by atoms with Gasteiger partial charge in [0.25, 0.3) is 0 Å². The van der Waals surface area contributed by atoms with Crippen molar-refractivity contribution in [3.63, 3.8) is 0 Å². The molecule has 3 aromatic rings. The first-order valence-corrected chi connectivity index (χ1v) is 9.37. The van der Waals surface area contributed by atoms with Gasteiger partial charge in [-0.05, 0) is 55.2 Å². The Labute approximate surface area is 164 Å². The topological polar surface area (TPSA) is 89.2 Å². The molecule has 0 aliphatic carbocycles. The Morgan fingerprint density at radius 2 is 2.00 bits per heavy atom. The van der Waals surface area contributed by atoms with Crippen LogP contribution >= 0.6 is 0 Å². The van der Waals surface area contributed by atoms with E-state index < -0.39 is 0 Å². The van der Waals surface area contributed by atoms with E-state index in [9.17, 15) is 0 Å². The van der Waals surface area contributed by atoms with Crippen molar-refractivity contribution in [3.05, 3.63) is 59.4 Å². The summed E-state index contributed by atoms with van der Waals surface area (Å²) in [6.45, 7) is 3.56. The Morgan fingerprint density at radius 1 is 1.14 bits per heavy atom. The minimum absolute atomic E-state index is 0.216. The number of anilines is 4. The number of aromatic nitrogens is 3. The van der Waals surface area contributed by atoms with Gasteiger partial charge in [-0.25, -0.2) is 0 Å². The summed E-state index contributed by atoms with van der Waals surface area (Å²) >= 11 is 0. The fourth-order valence-corrected chi connectivity index (χ4v) is 3.51. The lowest BCUT2D eigenvalue weighted by Gasteiger charge is -2.31. The average molecular weight is 376 g/mol. The lowest BCUT2D eigenvalue weighted by Crippen LogP contribution is -2.30. The molecule has 0 amide bonds. The number of benzene rings is 2. The van der Waals surface area contributed by atoms with E-state index >= 15 is 0 Å². The van der Waals surface area contributed by atoms with Gasteiger partial charge in [0, 0.05) is 17.9 Å². The number of nitrogens with two attached hydrogens (primary N) is 1. The van der Waals surface area contributed by atoms with Crippen molar-refractivity contribution in [2.75, 3.05) is 29.6 Å². The third-order valence-corrected chi connectivity index (χ3v) is 4.92. The molecule has 0 unspecified atom stereocenters. The van der Waals surface area contributed by atoms with E-state index in [1.165, 1.54) is 11.3 Å². The summed E-state index contributed by atoms with van der Waals surface area (Å²) in [6.07, 6.45) is 2.12. The zero-order valence-electron chi connectivity index (χ0n) is 16.1. The molecule has 0 atom stereocenters. The van der Waals surface area contributed by atoms with Crippen LogP contribution in [0.15, 0.2) is 42.5 Å². The fourth-order valence-electron chi connectivity index (χ4n) is 3.51. The monoisotopic (exact) mass is 376 g/mol. The van der Waals surface area contributed by atoms with Gasteiger partial charge in [0.15, 0.2) is 5.82 Å². The first-order valence-electron chi connectivity index (χ1n) is 9.37. The largest absolute Gasteiger partial charge is 0.497 e. The predicted molar refractivity (Wildman–Crippen MR) is 111 cm³/mol. The lowest BCUT2D eigenvalue weighted by molar-refractivity contribution is 0.414. The highest BCUT2D eigenvalue weighted by atomic mass is 16.5. The van der Waals surface area contributed by atoms with Crippen molar-refractivity contribution in [2.45, 2.75) is 26.3 Å². The molecule has 7 heteroatoms. The summed E-state index contributed by atoms with van der Waals surface area (Å²) in [6, 6.07) is 14.2. The van der Waals surface area contributed by atoms with Crippen LogP contribution in [-0.2, 0) is 13.0 Å². The third kappa shape index (κ3) is 3.83.